The molecule has 8 nitrogen and oxygen atoms in total. The molecule has 214 valence electrons. The van der Waals surface area contributed by atoms with Crippen LogP contribution in [0.3, 0.4) is 0 Å². The minimum absolute atomic E-state index is 0.0363. The number of benzene rings is 2. The van der Waals surface area contributed by atoms with E-state index < -0.39 is 47.6 Å². The van der Waals surface area contributed by atoms with Gasteiger partial charge in [-0.3, -0.25) is 4.79 Å². The third-order valence-corrected chi connectivity index (χ3v) is 6.30. The molecule has 0 aliphatic rings. The lowest BCUT2D eigenvalue weighted by Gasteiger charge is -2.40. The summed E-state index contributed by atoms with van der Waals surface area (Å²) in [7, 11) is 0. The smallest absolute Gasteiger partial charge is 0.253 e. The molecule has 0 spiro atoms. The van der Waals surface area contributed by atoms with Crippen molar-refractivity contribution in [3.8, 4) is 17.5 Å². The van der Waals surface area contributed by atoms with Crippen molar-refractivity contribution in [2.24, 2.45) is 11.1 Å². The summed E-state index contributed by atoms with van der Waals surface area (Å²) in [5.74, 6) is -2.25. The van der Waals surface area contributed by atoms with E-state index in [4.69, 9.17) is 5.73 Å². The van der Waals surface area contributed by atoms with Gasteiger partial charge in [0, 0.05) is 6.54 Å². The fourth-order valence-corrected chi connectivity index (χ4v) is 4.38. The number of alkyl halides is 2. The molecule has 1 unspecified atom stereocenters. The average molecular weight is 561 g/mol. The maximum atomic E-state index is 14.8. The number of amides is 1. The second kappa shape index (κ2) is 12.6. The highest BCUT2D eigenvalue weighted by molar-refractivity contribution is 5.80. The Bertz CT molecular complexity index is 1380. The van der Waals surface area contributed by atoms with E-state index in [2.05, 4.69) is 16.2 Å². The zero-order chi connectivity index (χ0) is 29.8. The van der Waals surface area contributed by atoms with Crippen LogP contribution in [-0.4, -0.2) is 55.8 Å². The first-order valence-corrected chi connectivity index (χ1v) is 12.6. The lowest BCUT2D eigenvalue weighted by molar-refractivity contribution is -0.145. The topological polar surface area (TPSA) is 121 Å². The van der Waals surface area contributed by atoms with Crippen LogP contribution in [0.5, 0.6) is 0 Å². The van der Waals surface area contributed by atoms with Crippen molar-refractivity contribution in [2.45, 2.75) is 65.3 Å². The molecule has 3 rings (SSSR count). The first kappa shape index (κ1) is 30.7. The van der Waals surface area contributed by atoms with Gasteiger partial charge in [-0.1, -0.05) is 32.9 Å². The number of carbonyl (C=O) groups excluding carboxylic acids is 1. The monoisotopic (exact) mass is 560 g/mol. The molecule has 0 bridgehead atoms. The predicted octanol–water partition coefficient (Wildman–Crippen LogP) is 4.42. The largest absolute Gasteiger partial charge is 0.384 e. The van der Waals surface area contributed by atoms with E-state index in [1.807, 2.05) is 0 Å². The Kier molecular flexibility index (Phi) is 9.65. The summed E-state index contributed by atoms with van der Waals surface area (Å²) in [6, 6.07) is 9.07. The van der Waals surface area contributed by atoms with E-state index in [1.165, 1.54) is 16.5 Å². The number of rotatable bonds is 10. The van der Waals surface area contributed by atoms with Gasteiger partial charge >= 0.3 is 0 Å². The highest BCUT2D eigenvalue weighted by Gasteiger charge is 2.40. The summed E-state index contributed by atoms with van der Waals surface area (Å²) in [5, 5.41) is 24.0. The van der Waals surface area contributed by atoms with Crippen molar-refractivity contribution in [2.75, 3.05) is 6.54 Å². The van der Waals surface area contributed by atoms with Crippen LogP contribution in [0, 0.1) is 28.4 Å². The molecule has 3 N–H and O–H groups in total. The second-order valence-electron chi connectivity index (χ2n) is 10.7. The summed E-state index contributed by atoms with van der Waals surface area (Å²) < 4.78 is 56.7. The highest BCUT2D eigenvalue weighted by Crippen LogP contribution is 2.39. The summed E-state index contributed by atoms with van der Waals surface area (Å²) in [4.78, 5) is 19.0. The van der Waals surface area contributed by atoms with Gasteiger partial charge in [-0.05, 0) is 54.7 Å². The molecule has 0 saturated heterocycles. The van der Waals surface area contributed by atoms with E-state index in [-0.39, 0.29) is 36.7 Å². The molecule has 0 aliphatic carbocycles. The molecule has 0 saturated carbocycles. The van der Waals surface area contributed by atoms with Crippen LogP contribution in [0.15, 0.2) is 42.5 Å². The quantitative estimate of drug-likeness (QED) is 0.354. The second-order valence-corrected chi connectivity index (χ2v) is 10.7. The Morgan fingerprint density at radius 2 is 1.90 bits per heavy atom. The van der Waals surface area contributed by atoms with Crippen LogP contribution < -0.4 is 5.73 Å². The van der Waals surface area contributed by atoms with Crippen LogP contribution in [-0.2, 0) is 11.3 Å². The van der Waals surface area contributed by atoms with Crippen molar-refractivity contribution in [1.29, 1.82) is 5.26 Å². The van der Waals surface area contributed by atoms with E-state index in [1.54, 1.807) is 45.0 Å². The van der Waals surface area contributed by atoms with Crippen molar-refractivity contribution in [3.05, 3.63) is 71.1 Å². The molecule has 3 aromatic rings. The molecular weight excluding hydrogens is 528 g/mol. The first-order chi connectivity index (χ1) is 18.7. The normalized spacial score (nSPS) is 14.1. The average Bonchev–Trinajstić information content (AvgIpc) is 3.28. The van der Waals surface area contributed by atoms with Crippen molar-refractivity contribution in [3.63, 3.8) is 0 Å². The zero-order valence-corrected chi connectivity index (χ0v) is 22.7. The molecule has 0 aliphatic heterocycles. The first-order valence-electron chi connectivity index (χ1n) is 12.6. The maximum Gasteiger partial charge on any atom is 0.253 e. The summed E-state index contributed by atoms with van der Waals surface area (Å²) >= 11 is 0. The number of nitriles is 1. The van der Waals surface area contributed by atoms with E-state index in [0.717, 1.165) is 18.2 Å². The summed E-state index contributed by atoms with van der Waals surface area (Å²) in [6.07, 6.45) is -4.57. The number of nitrogens with two attached hydrogens (primary N) is 1. The molecule has 3 atom stereocenters. The van der Waals surface area contributed by atoms with Gasteiger partial charge in [0.2, 0.25) is 0 Å². The van der Waals surface area contributed by atoms with Gasteiger partial charge in [0.05, 0.1) is 35.8 Å². The van der Waals surface area contributed by atoms with Gasteiger partial charge in [0.15, 0.2) is 11.6 Å². The lowest BCUT2D eigenvalue weighted by atomic mass is 9.84. The van der Waals surface area contributed by atoms with Crippen LogP contribution >= 0.6 is 0 Å². The number of carbonyl (C=O) groups is 1. The van der Waals surface area contributed by atoms with Gasteiger partial charge < -0.3 is 15.7 Å². The minimum atomic E-state index is -2.82. The zero-order valence-electron chi connectivity index (χ0n) is 22.7. The van der Waals surface area contributed by atoms with Gasteiger partial charge in [-0.15, -0.1) is 0 Å². The molecular formula is C28H32F4N6O2. The van der Waals surface area contributed by atoms with E-state index in [9.17, 15) is 32.7 Å². The Morgan fingerprint density at radius 1 is 1.20 bits per heavy atom. The fraction of sp³-hybridized carbons (Fsp3) is 0.429. The standard InChI is InChI=1S/C28H32F4N6O2/c1-16(39)27(40)37(11-10-22(34)24(31)32)23(28(2,3)4)26-35-25(20-13-19(29)8-9-21(20)30)36-38(26)15-18-7-5-6-17(12-18)14-33/h5-9,12-13,16,22-24,39H,10-11,15,34H2,1-4H3/t16-,22+,23?/m0/s1. The lowest BCUT2D eigenvalue weighted by Crippen LogP contribution is -2.48. The number of hydrogen-bond acceptors (Lipinski definition) is 6. The molecule has 2 aromatic carbocycles. The van der Waals surface area contributed by atoms with Gasteiger partial charge in [0.1, 0.15) is 17.7 Å². The van der Waals surface area contributed by atoms with Crippen LogP contribution in [0.1, 0.15) is 57.1 Å². The number of aliphatic hydroxyl groups is 1. The SMILES string of the molecule is C[C@H](O)C(=O)N(CC[C@@H](N)C(F)F)C(c1nc(-c2cc(F)ccc2F)nn1Cc1cccc(C#N)c1)C(C)(C)C. The Balaban J connectivity index is 2.23. The minimum Gasteiger partial charge on any atom is -0.384 e. The van der Waals surface area contributed by atoms with Crippen LogP contribution in [0.2, 0.25) is 0 Å². The van der Waals surface area contributed by atoms with Gasteiger partial charge in [-0.2, -0.15) is 10.4 Å². The van der Waals surface area contributed by atoms with Crippen molar-refractivity contribution >= 4 is 5.91 Å². The molecule has 0 radical (unpaired) electrons. The number of nitrogens with zero attached hydrogens (tertiary/aromatic N) is 5. The number of hydrogen-bond donors (Lipinski definition) is 2. The van der Waals surface area contributed by atoms with Crippen molar-refractivity contribution in [1.82, 2.24) is 19.7 Å². The maximum absolute atomic E-state index is 14.8. The molecule has 0 fully saturated rings. The Hall–Kier alpha value is -3.82. The molecule has 1 amide bonds. The third-order valence-electron chi connectivity index (χ3n) is 6.30. The number of aromatic nitrogens is 3. The Labute approximate surface area is 230 Å². The molecule has 1 aromatic heterocycles. The van der Waals surface area contributed by atoms with E-state index >= 15 is 0 Å². The molecule has 12 heteroatoms. The number of aliphatic hydroxyl groups excluding tert-OH is 1. The molecule has 1 heterocycles. The number of halogens is 4. The van der Waals surface area contributed by atoms with Gasteiger partial charge in [-0.25, -0.2) is 27.2 Å². The van der Waals surface area contributed by atoms with E-state index in [0.29, 0.717) is 11.1 Å². The van der Waals surface area contributed by atoms with Crippen molar-refractivity contribution < 1.29 is 27.5 Å². The van der Waals surface area contributed by atoms with Gasteiger partial charge in [0.25, 0.3) is 12.3 Å². The van der Waals surface area contributed by atoms with Crippen LogP contribution in [0.4, 0.5) is 17.6 Å². The third kappa shape index (κ3) is 7.22. The predicted molar refractivity (Wildman–Crippen MR) is 140 cm³/mol. The molecule has 40 heavy (non-hydrogen) atoms. The highest BCUT2D eigenvalue weighted by atomic mass is 19.3. The van der Waals surface area contributed by atoms with Crippen LogP contribution in [0.25, 0.3) is 11.4 Å². The summed E-state index contributed by atoms with van der Waals surface area (Å²) in [6.45, 7) is 6.40. The summed E-state index contributed by atoms with van der Waals surface area (Å²) in [5.41, 5.74) is 5.57. The Morgan fingerprint density at radius 3 is 2.50 bits per heavy atom. The fourth-order valence-electron chi connectivity index (χ4n) is 4.38.